The number of amides is 1. The lowest BCUT2D eigenvalue weighted by Gasteiger charge is -2.26. The fourth-order valence-corrected chi connectivity index (χ4v) is 4.61. The van der Waals surface area contributed by atoms with E-state index in [-0.39, 0.29) is 5.91 Å². The Kier molecular flexibility index (Phi) is 9.51. The van der Waals surface area contributed by atoms with E-state index in [4.69, 9.17) is 25.7 Å². The van der Waals surface area contributed by atoms with Crippen LogP contribution in [0.25, 0.3) is 11.3 Å². The number of halogens is 1. The van der Waals surface area contributed by atoms with Crippen molar-refractivity contribution in [3.63, 3.8) is 0 Å². The normalized spacial score (nSPS) is 13.0. The van der Waals surface area contributed by atoms with Gasteiger partial charge in [-0.25, -0.2) is 4.98 Å². The van der Waals surface area contributed by atoms with E-state index in [0.29, 0.717) is 29.5 Å². The molecule has 1 saturated heterocycles. The molecule has 5 rings (SSSR count). The van der Waals surface area contributed by atoms with Gasteiger partial charge in [-0.15, -0.1) is 0 Å². The van der Waals surface area contributed by atoms with Gasteiger partial charge in [0.1, 0.15) is 23.8 Å². The number of aromatic nitrogens is 2. The maximum atomic E-state index is 12.6. The van der Waals surface area contributed by atoms with Crippen LogP contribution in [-0.2, 0) is 13.0 Å². The van der Waals surface area contributed by atoms with Crippen molar-refractivity contribution in [2.45, 2.75) is 39.2 Å². The smallest absolute Gasteiger partial charge is 0.255 e. The summed E-state index contributed by atoms with van der Waals surface area (Å²) in [5, 5.41) is 0.698. The highest BCUT2D eigenvalue weighted by atomic mass is 35.5. The zero-order valence-corrected chi connectivity index (χ0v) is 22.6. The van der Waals surface area contributed by atoms with Crippen molar-refractivity contribution >= 4 is 17.5 Å². The topological polar surface area (TPSA) is 94.5 Å². The standard InChI is InChI=1S/C29H28ClN3O3.CH5N/c1-20-28(32-27(36-20)17-21-6-5-7-24(30)16-21)22-9-12-26(13-10-22)35-19-25-11-8-23(18-31-25)29(34)33-14-3-2-4-15-33;1-2/h5-13,16,18H,2-4,14-15,17,19H2,1H3;2H2,1H3. The third kappa shape index (κ3) is 7.00. The van der Waals surface area contributed by atoms with Crippen LogP contribution in [0.3, 0.4) is 0 Å². The van der Waals surface area contributed by atoms with Crippen LogP contribution in [0.2, 0.25) is 5.02 Å². The number of carbonyl (C=O) groups is 1. The molecule has 3 heterocycles. The Labute approximate surface area is 228 Å². The lowest BCUT2D eigenvalue weighted by atomic mass is 10.1. The second kappa shape index (κ2) is 13.2. The zero-order valence-electron chi connectivity index (χ0n) is 21.8. The van der Waals surface area contributed by atoms with Crippen molar-refractivity contribution in [2.24, 2.45) is 5.73 Å². The SMILES string of the molecule is CN.Cc1oc(Cc2cccc(Cl)c2)nc1-c1ccc(OCc2ccc(C(=O)N3CCCCC3)cn2)cc1. The molecular weight excluding hydrogens is 500 g/mol. The van der Waals surface area contributed by atoms with Crippen LogP contribution < -0.4 is 10.5 Å². The van der Waals surface area contributed by atoms with Gasteiger partial charge in [-0.05, 0) is 87.3 Å². The van der Waals surface area contributed by atoms with Gasteiger partial charge in [-0.2, -0.15) is 0 Å². The number of hydrogen-bond acceptors (Lipinski definition) is 6. The lowest BCUT2D eigenvalue weighted by Crippen LogP contribution is -2.35. The average molecular weight is 533 g/mol. The molecule has 2 aromatic carbocycles. The molecule has 7 nitrogen and oxygen atoms in total. The number of aryl methyl sites for hydroxylation is 1. The molecule has 0 spiro atoms. The Morgan fingerprint density at radius 2 is 1.82 bits per heavy atom. The van der Waals surface area contributed by atoms with Crippen LogP contribution in [0.15, 0.2) is 71.3 Å². The van der Waals surface area contributed by atoms with Crippen LogP contribution >= 0.6 is 11.6 Å². The molecular formula is C30H33ClN4O3. The number of ether oxygens (including phenoxy) is 1. The highest BCUT2D eigenvalue weighted by Gasteiger charge is 2.18. The van der Waals surface area contributed by atoms with Crippen LogP contribution in [0.5, 0.6) is 5.75 Å². The summed E-state index contributed by atoms with van der Waals surface area (Å²) in [5.41, 5.74) is 8.72. The predicted molar refractivity (Wildman–Crippen MR) is 149 cm³/mol. The van der Waals surface area contributed by atoms with E-state index < -0.39 is 0 Å². The van der Waals surface area contributed by atoms with Crippen molar-refractivity contribution in [1.29, 1.82) is 0 Å². The molecule has 0 saturated carbocycles. The number of pyridine rings is 1. The maximum Gasteiger partial charge on any atom is 0.255 e. The summed E-state index contributed by atoms with van der Waals surface area (Å²) in [7, 11) is 1.50. The number of piperidine rings is 1. The first kappa shape index (κ1) is 27.4. The van der Waals surface area contributed by atoms with Gasteiger partial charge in [-0.1, -0.05) is 23.7 Å². The molecule has 1 amide bonds. The number of hydrogen-bond donors (Lipinski definition) is 1. The molecule has 0 unspecified atom stereocenters. The Morgan fingerprint density at radius 3 is 2.50 bits per heavy atom. The minimum atomic E-state index is 0.0594. The molecule has 4 aromatic rings. The molecule has 1 aliphatic heterocycles. The summed E-state index contributed by atoms with van der Waals surface area (Å²) in [4.78, 5) is 23.6. The van der Waals surface area contributed by atoms with Crippen molar-refractivity contribution in [3.05, 3.63) is 100 Å². The molecule has 1 aliphatic rings. The highest BCUT2D eigenvalue weighted by molar-refractivity contribution is 6.30. The molecule has 0 bridgehead atoms. The number of benzene rings is 2. The summed E-state index contributed by atoms with van der Waals surface area (Å²) < 4.78 is 11.8. The van der Waals surface area contributed by atoms with Gasteiger partial charge >= 0.3 is 0 Å². The quantitative estimate of drug-likeness (QED) is 0.310. The molecule has 0 aliphatic carbocycles. The lowest BCUT2D eigenvalue weighted by molar-refractivity contribution is 0.0724. The highest BCUT2D eigenvalue weighted by Crippen LogP contribution is 2.27. The predicted octanol–water partition coefficient (Wildman–Crippen LogP) is 6.07. The Balaban J connectivity index is 0.00000164. The Bertz CT molecular complexity index is 1330. The largest absolute Gasteiger partial charge is 0.487 e. The fraction of sp³-hybridized carbons (Fsp3) is 0.300. The summed E-state index contributed by atoms with van der Waals surface area (Å²) >= 11 is 6.09. The Hall–Kier alpha value is -3.68. The first-order chi connectivity index (χ1) is 18.5. The summed E-state index contributed by atoms with van der Waals surface area (Å²) in [6, 6.07) is 19.1. The van der Waals surface area contributed by atoms with Crippen molar-refractivity contribution in [3.8, 4) is 17.0 Å². The van der Waals surface area contributed by atoms with Gasteiger partial charge < -0.3 is 19.8 Å². The monoisotopic (exact) mass is 532 g/mol. The van der Waals surface area contributed by atoms with Gasteiger partial charge in [0.05, 0.1) is 11.3 Å². The minimum Gasteiger partial charge on any atom is -0.487 e. The van der Waals surface area contributed by atoms with Crippen molar-refractivity contribution in [2.75, 3.05) is 20.1 Å². The van der Waals surface area contributed by atoms with Crippen LogP contribution in [-0.4, -0.2) is 40.9 Å². The molecule has 2 aromatic heterocycles. The molecule has 2 N–H and O–H groups in total. The van der Waals surface area contributed by atoms with Crippen LogP contribution in [0.1, 0.15) is 52.5 Å². The molecule has 1 fully saturated rings. The minimum absolute atomic E-state index is 0.0594. The average Bonchev–Trinajstić information content (AvgIpc) is 3.33. The summed E-state index contributed by atoms with van der Waals surface area (Å²) in [6.45, 7) is 3.90. The third-order valence-corrected chi connectivity index (χ3v) is 6.55. The number of nitrogens with zero attached hydrogens (tertiary/aromatic N) is 3. The van der Waals surface area contributed by atoms with E-state index in [9.17, 15) is 4.79 Å². The van der Waals surface area contributed by atoms with Crippen LogP contribution in [0.4, 0.5) is 0 Å². The number of oxazole rings is 1. The molecule has 38 heavy (non-hydrogen) atoms. The van der Waals surface area contributed by atoms with Gasteiger partial charge in [-0.3, -0.25) is 9.78 Å². The second-order valence-corrected chi connectivity index (χ2v) is 9.46. The molecule has 0 atom stereocenters. The first-order valence-electron chi connectivity index (χ1n) is 12.8. The number of nitrogens with two attached hydrogens (primary N) is 1. The van der Waals surface area contributed by atoms with E-state index in [1.165, 1.54) is 13.5 Å². The first-order valence-corrected chi connectivity index (χ1v) is 13.2. The van der Waals surface area contributed by atoms with E-state index >= 15 is 0 Å². The summed E-state index contributed by atoms with van der Waals surface area (Å²) in [6.07, 6.45) is 5.57. The van der Waals surface area contributed by atoms with Crippen molar-refractivity contribution < 1.29 is 13.9 Å². The number of carbonyl (C=O) groups excluding carboxylic acids is 1. The second-order valence-electron chi connectivity index (χ2n) is 9.02. The van der Waals surface area contributed by atoms with E-state index in [1.54, 1.807) is 6.20 Å². The van der Waals surface area contributed by atoms with E-state index in [1.807, 2.05) is 72.5 Å². The summed E-state index contributed by atoms with van der Waals surface area (Å²) in [5.74, 6) is 2.21. The third-order valence-electron chi connectivity index (χ3n) is 6.31. The van der Waals surface area contributed by atoms with Gasteiger partial charge in [0.15, 0.2) is 5.89 Å². The number of rotatable bonds is 7. The van der Waals surface area contributed by atoms with Crippen LogP contribution in [0, 0.1) is 6.92 Å². The molecule has 198 valence electrons. The van der Waals surface area contributed by atoms with Gasteiger partial charge in [0.2, 0.25) is 0 Å². The van der Waals surface area contributed by atoms with Crippen molar-refractivity contribution in [1.82, 2.24) is 14.9 Å². The molecule has 8 heteroatoms. The molecule has 0 radical (unpaired) electrons. The zero-order chi connectivity index (χ0) is 26.9. The Morgan fingerprint density at radius 1 is 1.05 bits per heavy atom. The maximum absolute atomic E-state index is 12.6. The van der Waals surface area contributed by atoms with Gasteiger partial charge in [0.25, 0.3) is 5.91 Å². The van der Waals surface area contributed by atoms with E-state index in [2.05, 4.69) is 10.7 Å². The van der Waals surface area contributed by atoms with Gasteiger partial charge in [0, 0.05) is 36.3 Å². The van der Waals surface area contributed by atoms with E-state index in [0.717, 1.165) is 60.0 Å². The fourth-order valence-electron chi connectivity index (χ4n) is 4.40. The number of likely N-dealkylation sites (tertiary alicyclic amines) is 1.